The SMILES string of the molecule is COc1ccc([C@H](Cc2c(Cl)c[nH+]cc2Cl)OC(=O)c2cccc(-c3ccc(CNc4ccccc4F)cc3)c2)cc1OC. The van der Waals surface area contributed by atoms with Gasteiger partial charge in [0.1, 0.15) is 22.0 Å². The molecule has 0 radical (unpaired) electrons. The van der Waals surface area contributed by atoms with Crippen LogP contribution in [0.3, 0.4) is 0 Å². The minimum atomic E-state index is -0.732. The van der Waals surface area contributed by atoms with E-state index in [9.17, 15) is 9.18 Å². The molecule has 0 unspecified atom stereocenters. The highest BCUT2D eigenvalue weighted by molar-refractivity contribution is 6.35. The Labute approximate surface area is 265 Å². The molecule has 0 saturated heterocycles. The average Bonchev–Trinajstić information content (AvgIpc) is 3.05. The molecule has 1 aromatic heterocycles. The molecule has 0 amide bonds. The van der Waals surface area contributed by atoms with Gasteiger partial charge in [-0.25, -0.2) is 14.2 Å². The number of benzene rings is 4. The highest BCUT2D eigenvalue weighted by Crippen LogP contribution is 2.35. The lowest BCUT2D eigenvalue weighted by atomic mass is 10.00. The fourth-order valence-electron chi connectivity index (χ4n) is 4.78. The number of hydrogen-bond acceptors (Lipinski definition) is 5. The number of carbonyl (C=O) groups excluding carboxylic acids is 1. The molecule has 1 heterocycles. The number of H-pyrrole nitrogens is 1. The monoisotopic (exact) mass is 631 g/mol. The van der Waals surface area contributed by atoms with Crippen LogP contribution in [0.15, 0.2) is 103 Å². The van der Waals surface area contributed by atoms with Crippen LogP contribution >= 0.6 is 23.2 Å². The number of carbonyl (C=O) groups is 1. The maximum atomic E-state index is 13.9. The van der Waals surface area contributed by atoms with Crippen molar-refractivity contribution in [3.8, 4) is 22.6 Å². The molecule has 0 fully saturated rings. The van der Waals surface area contributed by atoms with E-state index in [1.54, 1.807) is 69.1 Å². The van der Waals surface area contributed by atoms with Gasteiger partial charge in [0.15, 0.2) is 23.9 Å². The van der Waals surface area contributed by atoms with Gasteiger partial charge in [0.2, 0.25) is 0 Å². The summed E-state index contributed by atoms with van der Waals surface area (Å²) in [6.45, 7) is 0.471. The maximum Gasteiger partial charge on any atom is 0.338 e. The van der Waals surface area contributed by atoms with Crippen molar-refractivity contribution < 1.29 is 28.4 Å². The second-order valence-electron chi connectivity index (χ2n) is 9.95. The van der Waals surface area contributed by atoms with Gasteiger partial charge in [-0.05, 0) is 58.7 Å². The summed E-state index contributed by atoms with van der Waals surface area (Å²) in [4.78, 5) is 16.5. The van der Waals surface area contributed by atoms with Crippen LogP contribution in [0.1, 0.15) is 33.2 Å². The lowest BCUT2D eigenvalue weighted by Gasteiger charge is -2.21. The van der Waals surface area contributed by atoms with Crippen molar-refractivity contribution in [2.75, 3.05) is 19.5 Å². The van der Waals surface area contributed by atoms with Crippen molar-refractivity contribution in [2.45, 2.75) is 19.1 Å². The number of para-hydroxylation sites is 1. The fourth-order valence-corrected chi connectivity index (χ4v) is 5.31. The number of aromatic nitrogens is 1. The molecule has 0 aliphatic heterocycles. The Hall–Kier alpha value is -4.59. The van der Waals surface area contributed by atoms with Gasteiger partial charge >= 0.3 is 5.97 Å². The van der Waals surface area contributed by atoms with E-state index in [1.807, 2.05) is 42.5 Å². The number of pyridine rings is 1. The van der Waals surface area contributed by atoms with E-state index in [-0.39, 0.29) is 12.2 Å². The van der Waals surface area contributed by atoms with E-state index < -0.39 is 12.1 Å². The molecule has 0 bridgehead atoms. The Morgan fingerprint density at radius 2 is 1.57 bits per heavy atom. The molecule has 224 valence electrons. The van der Waals surface area contributed by atoms with Crippen molar-refractivity contribution in [1.82, 2.24) is 0 Å². The van der Waals surface area contributed by atoms with Gasteiger partial charge in [-0.2, -0.15) is 0 Å². The topological polar surface area (TPSA) is 70.9 Å². The van der Waals surface area contributed by atoms with Crippen LogP contribution in [0, 0.1) is 5.82 Å². The summed E-state index contributed by atoms with van der Waals surface area (Å²) in [5.41, 5.74) is 4.91. The molecule has 0 aliphatic rings. The van der Waals surface area contributed by atoms with Crippen molar-refractivity contribution in [1.29, 1.82) is 0 Å². The van der Waals surface area contributed by atoms with Gasteiger partial charge < -0.3 is 19.5 Å². The quantitative estimate of drug-likeness (QED) is 0.148. The first-order valence-electron chi connectivity index (χ1n) is 13.8. The zero-order valence-corrected chi connectivity index (χ0v) is 25.6. The second-order valence-corrected chi connectivity index (χ2v) is 10.8. The van der Waals surface area contributed by atoms with Gasteiger partial charge in [0, 0.05) is 18.5 Å². The molecule has 2 N–H and O–H groups in total. The average molecular weight is 633 g/mol. The van der Waals surface area contributed by atoms with Crippen molar-refractivity contribution in [3.05, 3.63) is 142 Å². The molecule has 1 atom stereocenters. The summed E-state index contributed by atoms with van der Waals surface area (Å²) in [6.07, 6.45) is 2.75. The Morgan fingerprint density at radius 1 is 0.841 bits per heavy atom. The van der Waals surface area contributed by atoms with E-state index in [0.29, 0.717) is 50.5 Å². The summed E-state index contributed by atoms with van der Waals surface area (Å²) in [5, 5.41) is 3.96. The molecule has 9 heteroatoms. The molecular weight excluding hydrogens is 602 g/mol. The third-order valence-corrected chi connectivity index (χ3v) is 7.83. The molecule has 0 saturated carbocycles. The second kappa shape index (κ2) is 14.3. The highest BCUT2D eigenvalue weighted by atomic mass is 35.5. The van der Waals surface area contributed by atoms with E-state index >= 15 is 0 Å². The van der Waals surface area contributed by atoms with Gasteiger partial charge in [-0.15, -0.1) is 0 Å². The number of nitrogens with one attached hydrogen (secondary N) is 2. The summed E-state index contributed by atoms with van der Waals surface area (Å²) < 4.78 is 30.9. The van der Waals surface area contributed by atoms with Crippen LogP contribution in [-0.2, 0) is 17.7 Å². The first-order valence-corrected chi connectivity index (χ1v) is 14.6. The normalized spacial score (nSPS) is 11.5. The predicted octanol–water partition coefficient (Wildman–Crippen LogP) is 8.38. The lowest BCUT2D eigenvalue weighted by molar-refractivity contribution is -0.377. The lowest BCUT2D eigenvalue weighted by Crippen LogP contribution is -2.16. The number of halogens is 3. The minimum absolute atomic E-state index is 0.232. The molecular formula is C35H30Cl2FN2O4+. The first kappa shape index (κ1) is 30.9. The van der Waals surface area contributed by atoms with E-state index in [0.717, 1.165) is 16.7 Å². The predicted molar refractivity (Wildman–Crippen MR) is 170 cm³/mol. The summed E-state index contributed by atoms with van der Waals surface area (Å²) in [6, 6.07) is 27.0. The molecule has 4 aromatic carbocycles. The van der Waals surface area contributed by atoms with Crippen LogP contribution in [0.2, 0.25) is 10.0 Å². The van der Waals surface area contributed by atoms with Gasteiger partial charge in [-0.1, -0.05) is 77.8 Å². The molecule has 6 nitrogen and oxygen atoms in total. The molecule has 0 spiro atoms. The van der Waals surface area contributed by atoms with Crippen LogP contribution in [-0.4, -0.2) is 20.2 Å². The number of esters is 1. The molecule has 44 heavy (non-hydrogen) atoms. The van der Waals surface area contributed by atoms with E-state index in [1.165, 1.54) is 6.07 Å². The number of methoxy groups -OCH3 is 2. The van der Waals surface area contributed by atoms with Gasteiger partial charge in [-0.3, -0.25) is 0 Å². The van der Waals surface area contributed by atoms with Crippen LogP contribution in [0.4, 0.5) is 10.1 Å². The van der Waals surface area contributed by atoms with Gasteiger partial charge in [0.25, 0.3) is 0 Å². The standard InChI is InChI=1S/C35H29Cl2FN2O4/c1-42-32-15-14-25(17-34(32)43-2)33(18-27-28(36)20-39-21-29(27)37)44-35(41)26-7-5-6-24(16-26)23-12-10-22(11-13-23)19-40-31-9-4-3-8-30(31)38/h3-17,20-21,33,40H,18-19H2,1-2H3/p+1/t33-/m0/s1. The third kappa shape index (κ3) is 7.30. The van der Waals surface area contributed by atoms with Crippen LogP contribution < -0.4 is 19.8 Å². The number of aromatic amines is 1. The Bertz CT molecular complexity index is 1740. The smallest absolute Gasteiger partial charge is 0.338 e. The van der Waals surface area contributed by atoms with E-state index in [4.69, 9.17) is 37.4 Å². The molecule has 0 aliphatic carbocycles. The first-order chi connectivity index (χ1) is 21.4. The zero-order valence-electron chi connectivity index (χ0n) is 24.1. The van der Waals surface area contributed by atoms with E-state index in [2.05, 4.69) is 10.3 Å². The van der Waals surface area contributed by atoms with Crippen molar-refractivity contribution >= 4 is 34.9 Å². The minimum Gasteiger partial charge on any atom is -0.493 e. The third-order valence-electron chi connectivity index (χ3n) is 7.16. The largest absolute Gasteiger partial charge is 0.493 e. The number of hydrogen-bond donors (Lipinski definition) is 1. The van der Waals surface area contributed by atoms with Crippen LogP contribution in [0.25, 0.3) is 11.1 Å². The van der Waals surface area contributed by atoms with Crippen molar-refractivity contribution in [3.63, 3.8) is 0 Å². The fraction of sp³-hybridized carbons (Fsp3) is 0.143. The van der Waals surface area contributed by atoms with Crippen LogP contribution in [0.5, 0.6) is 11.5 Å². The number of ether oxygens (including phenoxy) is 3. The van der Waals surface area contributed by atoms with Gasteiger partial charge in [0.05, 0.1) is 25.5 Å². The summed E-state index contributed by atoms with van der Waals surface area (Å²) in [7, 11) is 3.10. The summed E-state index contributed by atoms with van der Waals surface area (Å²) >= 11 is 12.9. The zero-order chi connectivity index (χ0) is 31.1. The number of anilines is 1. The highest BCUT2D eigenvalue weighted by Gasteiger charge is 2.24. The summed E-state index contributed by atoms with van der Waals surface area (Å²) in [5.74, 6) is 0.245. The maximum absolute atomic E-state index is 13.9. The molecule has 5 aromatic rings. The Morgan fingerprint density at radius 3 is 2.27 bits per heavy atom. The Balaban J connectivity index is 1.36. The number of rotatable bonds is 11. The Kier molecular flexibility index (Phi) is 10.00. The molecule has 5 rings (SSSR count). The van der Waals surface area contributed by atoms with Crippen molar-refractivity contribution in [2.24, 2.45) is 0 Å².